The van der Waals surface area contributed by atoms with Crippen molar-refractivity contribution in [3.8, 4) is 22.7 Å². The molecule has 0 saturated carbocycles. The highest BCUT2D eigenvalue weighted by Gasteiger charge is 2.30. The minimum Gasteiger partial charge on any atom is -0.496 e. The number of nitrogens with two attached hydrogens (primary N) is 2. The highest BCUT2D eigenvalue weighted by molar-refractivity contribution is 5.93. The Hall–Kier alpha value is -4.51. The van der Waals surface area contributed by atoms with Gasteiger partial charge in [-0.1, -0.05) is 43.3 Å². The molecule has 1 heterocycles. The molecular weight excluding hydrogens is 582 g/mol. The summed E-state index contributed by atoms with van der Waals surface area (Å²) in [5, 5.41) is 21.2. The summed E-state index contributed by atoms with van der Waals surface area (Å²) in [6, 6.07) is 19.0. The fourth-order valence-corrected chi connectivity index (χ4v) is 5.32. The van der Waals surface area contributed by atoms with E-state index in [9.17, 15) is 14.7 Å². The number of benzene rings is 3. The van der Waals surface area contributed by atoms with Gasteiger partial charge in [-0.3, -0.25) is 4.79 Å². The molecule has 0 bridgehead atoms. The lowest BCUT2D eigenvalue weighted by atomic mass is 9.99. The maximum atomic E-state index is 11.9. The van der Waals surface area contributed by atoms with Gasteiger partial charge in [-0.2, -0.15) is 4.57 Å². The molecule has 46 heavy (non-hydrogen) atoms. The van der Waals surface area contributed by atoms with E-state index in [2.05, 4.69) is 27.0 Å². The monoisotopic (exact) mass is 630 g/mol. The summed E-state index contributed by atoms with van der Waals surface area (Å²) in [6.07, 6.45) is 4.45. The Morgan fingerprint density at radius 3 is 2.26 bits per heavy atom. The van der Waals surface area contributed by atoms with Gasteiger partial charge < -0.3 is 31.7 Å². The van der Waals surface area contributed by atoms with Gasteiger partial charge in [0.25, 0.3) is 5.82 Å². The van der Waals surface area contributed by atoms with E-state index in [1.807, 2.05) is 63.4 Å². The number of aromatic amines is 1. The van der Waals surface area contributed by atoms with Crippen LogP contribution in [0.25, 0.3) is 16.9 Å². The lowest BCUT2D eigenvalue weighted by Crippen LogP contribution is -2.40. The van der Waals surface area contributed by atoms with Crippen molar-refractivity contribution in [3.05, 3.63) is 101 Å². The van der Waals surface area contributed by atoms with Gasteiger partial charge in [-0.05, 0) is 87.5 Å². The zero-order valence-corrected chi connectivity index (χ0v) is 27.5. The summed E-state index contributed by atoms with van der Waals surface area (Å²) in [7, 11) is 1.46. The summed E-state index contributed by atoms with van der Waals surface area (Å²) in [5.41, 5.74) is 18.4. The molecule has 1 amide bonds. The molecule has 10 heteroatoms. The number of hydrogen-bond acceptors (Lipinski definition) is 6. The van der Waals surface area contributed by atoms with E-state index in [0.29, 0.717) is 24.4 Å². The van der Waals surface area contributed by atoms with Crippen molar-refractivity contribution in [2.24, 2.45) is 11.5 Å². The van der Waals surface area contributed by atoms with E-state index in [-0.39, 0.29) is 17.6 Å². The maximum Gasteiger partial charge on any atom is 0.339 e. The second-order valence-corrected chi connectivity index (χ2v) is 11.4. The van der Waals surface area contributed by atoms with Crippen LogP contribution in [0.2, 0.25) is 0 Å². The predicted molar refractivity (Wildman–Crippen MR) is 180 cm³/mol. The molecule has 0 radical (unpaired) electrons. The molecule has 4 rings (SSSR count). The molecular formula is C36H48N5O5+. The number of rotatable bonds is 14. The fourth-order valence-electron chi connectivity index (χ4n) is 5.32. The summed E-state index contributed by atoms with van der Waals surface area (Å²) in [6.45, 7) is 9.44. The number of carbonyl (C=O) groups is 2. The van der Waals surface area contributed by atoms with Crippen LogP contribution in [0.3, 0.4) is 0 Å². The lowest BCUT2D eigenvalue weighted by molar-refractivity contribution is -0.594. The number of nitrogens with one attached hydrogen (secondary N) is 2. The van der Waals surface area contributed by atoms with E-state index in [1.165, 1.54) is 7.11 Å². The number of aliphatic hydroxyl groups is 1. The average molecular weight is 631 g/mol. The zero-order chi connectivity index (χ0) is 33.8. The SMILES string of the molecule is CC[C@H](C)O.COc1ccc(CNCCC[C@@H](CN)c2[nH]cc(-c3ccccc3)[n+]2-c2c(C)cc(C(N)=O)cc2C)cc1C(=O)O. The minimum atomic E-state index is -1.02. The first kappa shape index (κ1) is 36.0. The second kappa shape index (κ2) is 17.3. The Labute approximate surface area is 271 Å². The van der Waals surface area contributed by atoms with Gasteiger partial charge in [0.2, 0.25) is 5.91 Å². The van der Waals surface area contributed by atoms with Gasteiger partial charge in [0.1, 0.15) is 23.2 Å². The molecule has 0 saturated heterocycles. The lowest BCUT2D eigenvalue weighted by Gasteiger charge is -2.16. The van der Waals surface area contributed by atoms with E-state index in [4.69, 9.17) is 21.3 Å². The number of amides is 1. The Morgan fingerprint density at radius 1 is 1.07 bits per heavy atom. The van der Waals surface area contributed by atoms with Gasteiger partial charge in [-0.25, -0.2) is 9.78 Å². The topological polar surface area (TPSA) is 168 Å². The number of methoxy groups -OCH3 is 1. The first-order chi connectivity index (χ1) is 22.0. The Balaban J connectivity index is 0.00000107. The molecule has 10 nitrogen and oxygen atoms in total. The smallest absolute Gasteiger partial charge is 0.339 e. The number of primary amides is 1. The third-order valence-corrected chi connectivity index (χ3v) is 7.90. The highest BCUT2D eigenvalue weighted by Crippen LogP contribution is 2.27. The summed E-state index contributed by atoms with van der Waals surface area (Å²) >= 11 is 0. The van der Waals surface area contributed by atoms with Crippen LogP contribution >= 0.6 is 0 Å². The van der Waals surface area contributed by atoms with Crippen LogP contribution in [0.5, 0.6) is 5.75 Å². The van der Waals surface area contributed by atoms with Crippen molar-refractivity contribution in [1.82, 2.24) is 10.3 Å². The van der Waals surface area contributed by atoms with Crippen molar-refractivity contribution in [2.75, 3.05) is 20.2 Å². The normalized spacial score (nSPS) is 12.2. The van der Waals surface area contributed by atoms with Gasteiger partial charge >= 0.3 is 5.97 Å². The van der Waals surface area contributed by atoms with Crippen molar-refractivity contribution < 1.29 is 29.1 Å². The van der Waals surface area contributed by atoms with Gasteiger partial charge in [-0.15, -0.1) is 0 Å². The first-order valence-corrected chi connectivity index (χ1v) is 15.6. The Bertz CT molecular complexity index is 1580. The number of aromatic nitrogens is 2. The number of aliphatic hydroxyl groups excluding tert-OH is 1. The standard InChI is InChI=1S/C32H37N5O4.C4H10O/c1-20-14-25(30(34)38)15-21(2)29(20)37-27(23-8-5-4-6-9-23)19-36-31(37)24(17-33)10-7-13-35-18-22-11-12-28(41-3)26(16-22)32(39)40;1-3-4(2)5/h4-6,8-9,11-12,14-16,19,24,35H,7,10,13,17-18,33H2,1-3H3,(H3,34,38,39,40);4-5H,3H2,1-2H3/p+1/t24-;4-/m00/s1. The van der Waals surface area contributed by atoms with Crippen LogP contribution in [-0.2, 0) is 6.54 Å². The van der Waals surface area contributed by atoms with Crippen LogP contribution < -0.4 is 26.1 Å². The minimum absolute atomic E-state index is 0.0449. The molecule has 8 N–H and O–H groups in total. The largest absolute Gasteiger partial charge is 0.496 e. The van der Waals surface area contributed by atoms with E-state index in [0.717, 1.165) is 65.3 Å². The van der Waals surface area contributed by atoms with E-state index in [1.54, 1.807) is 19.1 Å². The van der Waals surface area contributed by atoms with Gasteiger partial charge in [0, 0.05) is 24.2 Å². The maximum absolute atomic E-state index is 11.9. The molecule has 2 atom stereocenters. The summed E-state index contributed by atoms with van der Waals surface area (Å²) < 4.78 is 7.37. The van der Waals surface area contributed by atoms with Crippen LogP contribution in [0, 0.1) is 13.8 Å². The molecule has 3 aromatic carbocycles. The molecule has 246 valence electrons. The molecule has 0 unspecified atom stereocenters. The number of carbonyl (C=O) groups excluding carboxylic acids is 1. The number of aromatic carboxylic acids is 1. The van der Waals surface area contributed by atoms with Gasteiger partial charge in [0.15, 0.2) is 5.69 Å². The average Bonchev–Trinajstić information content (AvgIpc) is 3.47. The Kier molecular flexibility index (Phi) is 13.5. The summed E-state index contributed by atoms with van der Waals surface area (Å²) in [4.78, 5) is 26.9. The summed E-state index contributed by atoms with van der Waals surface area (Å²) in [5.74, 6) is -0.0881. The molecule has 0 spiro atoms. The van der Waals surface area contributed by atoms with E-state index >= 15 is 0 Å². The quantitative estimate of drug-likeness (QED) is 0.0862. The van der Waals surface area contributed by atoms with Crippen LogP contribution in [0.1, 0.15) is 82.3 Å². The number of carboxylic acid groups (broad SMARTS) is 1. The van der Waals surface area contributed by atoms with Crippen LogP contribution in [-0.4, -0.2) is 53.4 Å². The van der Waals surface area contributed by atoms with Crippen molar-refractivity contribution in [2.45, 2.75) is 65.5 Å². The Morgan fingerprint density at radius 2 is 1.72 bits per heavy atom. The number of ether oxygens (including phenoxy) is 1. The molecule has 4 aromatic rings. The number of carboxylic acids is 1. The van der Waals surface area contributed by atoms with Crippen LogP contribution in [0.4, 0.5) is 0 Å². The van der Waals surface area contributed by atoms with Crippen LogP contribution in [0.15, 0.2) is 66.9 Å². The highest BCUT2D eigenvalue weighted by atomic mass is 16.5. The molecule has 0 aliphatic heterocycles. The number of aryl methyl sites for hydroxylation is 2. The predicted octanol–water partition coefficient (Wildman–Crippen LogP) is 4.77. The van der Waals surface area contributed by atoms with Crippen molar-refractivity contribution in [1.29, 1.82) is 0 Å². The van der Waals surface area contributed by atoms with Crippen molar-refractivity contribution in [3.63, 3.8) is 0 Å². The second-order valence-electron chi connectivity index (χ2n) is 11.4. The third kappa shape index (κ3) is 9.26. The number of H-pyrrole nitrogens is 1. The molecule has 0 aliphatic rings. The number of hydrogen-bond donors (Lipinski definition) is 6. The van der Waals surface area contributed by atoms with Gasteiger partial charge in [0.05, 0.1) is 19.1 Å². The molecule has 0 aliphatic carbocycles. The third-order valence-electron chi connectivity index (χ3n) is 7.90. The number of imidazole rings is 1. The van der Waals surface area contributed by atoms with E-state index < -0.39 is 11.9 Å². The van der Waals surface area contributed by atoms with Crippen molar-refractivity contribution >= 4 is 11.9 Å². The first-order valence-electron chi connectivity index (χ1n) is 15.6. The molecule has 1 aromatic heterocycles. The molecule has 0 fully saturated rings. The number of nitrogens with zero attached hydrogens (tertiary/aromatic N) is 1. The zero-order valence-electron chi connectivity index (χ0n) is 27.5. The fraction of sp³-hybridized carbons (Fsp3) is 0.361.